The molecule has 5 atom stereocenters. The summed E-state index contributed by atoms with van der Waals surface area (Å²) in [5, 5.41) is 45.5. The van der Waals surface area contributed by atoms with E-state index < -0.39 is 37.3 Å². The summed E-state index contributed by atoms with van der Waals surface area (Å²) in [5.41, 5.74) is 4.13. The van der Waals surface area contributed by atoms with Crippen LogP contribution < -0.4 is 15.5 Å². The zero-order valence-electron chi connectivity index (χ0n) is 14.4. The summed E-state index contributed by atoms with van der Waals surface area (Å²) >= 11 is 5.09. The number of benzene rings is 1. The summed E-state index contributed by atoms with van der Waals surface area (Å²) in [4.78, 5) is 0. The maximum absolute atomic E-state index is 9.96. The van der Waals surface area contributed by atoms with Crippen molar-refractivity contribution in [2.24, 2.45) is 5.10 Å². The predicted octanol–water partition coefficient (Wildman–Crippen LogP) is -1.32. The predicted molar refractivity (Wildman–Crippen MR) is 97.8 cm³/mol. The molecule has 0 unspecified atom stereocenters. The minimum Gasteiger partial charge on any atom is -0.497 e. The average Bonchev–Trinajstić information content (AvgIpc) is 2.66. The summed E-state index contributed by atoms with van der Waals surface area (Å²) in [7, 11) is 1.58. The number of aliphatic hydroxyl groups excluding tert-OH is 4. The molecule has 1 aliphatic rings. The largest absolute Gasteiger partial charge is 0.497 e. The second-order valence-corrected chi connectivity index (χ2v) is 6.17. The summed E-state index contributed by atoms with van der Waals surface area (Å²) in [6, 6.07) is 7.29. The molecule has 0 aliphatic carbocycles. The molecular weight excluding hydrogens is 362 g/mol. The summed E-state index contributed by atoms with van der Waals surface area (Å²) in [6.45, 7) is 1.27. The zero-order chi connectivity index (χ0) is 19.3. The van der Waals surface area contributed by atoms with Crippen LogP contribution in [0.25, 0.3) is 0 Å². The molecule has 1 fully saturated rings. The van der Waals surface area contributed by atoms with E-state index in [-0.39, 0.29) is 5.11 Å². The summed E-state index contributed by atoms with van der Waals surface area (Å²) < 4.78 is 10.4. The van der Waals surface area contributed by atoms with Gasteiger partial charge in [0.2, 0.25) is 0 Å². The van der Waals surface area contributed by atoms with Gasteiger partial charge in [-0.05, 0) is 49.0 Å². The third-order valence-corrected chi connectivity index (χ3v) is 4.21. The Labute approximate surface area is 156 Å². The monoisotopic (exact) mass is 385 g/mol. The molecule has 0 bridgehead atoms. The van der Waals surface area contributed by atoms with Gasteiger partial charge in [-0.3, -0.25) is 5.43 Å². The maximum Gasteiger partial charge on any atom is 0.189 e. The Balaban J connectivity index is 1.94. The minimum absolute atomic E-state index is 0.0437. The highest BCUT2D eigenvalue weighted by Gasteiger charge is 2.43. The molecule has 1 aromatic rings. The number of nitrogens with zero attached hydrogens (tertiary/aromatic N) is 1. The van der Waals surface area contributed by atoms with Gasteiger partial charge in [-0.25, -0.2) is 0 Å². The number of hydrogen-bond acceptors (Lipinski definition) is 8. The van der Waals surface area contributed by atoms with E-state index in [2.05, 4.69) is 15.8 Å². The number of hydrazone groups is 1. The first kappa shape index (κ1) is 20.5. The number of thiocarbonyl (C=S) groups is 1. The van der Waals surface area contributed by atoms with E-state index in [1.165, 1.54) is 0 Å². The molecule has 9 nitrogen and oxygen atoms in total. The van der Waals surface area contributed by atoms with Crippen LogP contribution >= 0.6 is 12.2 Å². The highest BCUT2D eigenvalue weighted by atomic mass is 32.1. The van der Waals surface area contributed by atoms with Crippen LogP contribution in [0.3, 0.4) is 0 Å². The third-order valence-electron chi connectivity index (χ3n) is 4.00. The molecular formula is C16H23N3O6S. The van der Waals surface area contributed by atoms with Crippen LogP contribution in [0.4, 0.5) is 0 Å². The number of methoxy groups -OCH3 is 1. The molecule has 0 aromatic heterocycles. The second-order valence-electron chi connectivity index (χ2n) is 5.76. The number of hydrogen-bond donors (Lipinski definition) is 6. The van der Waals surface area contributed by atoms with Gasteiger partial charge in [0, 0.05) is 0 Å². The number of ether oxygens (including phenoxy) is 2. The van der Waals surface area contributed by atoms with E-state index in [0.29, 0.717) is 5.71 Å². The standard InChI is InChI=1S/C16H23N3O6S/c1-8(9-3-5-10(24-2)6-4-9)18-19-16(26)17-15-14(23)13(22)12(21)11(7-20)25-15/h3-6,11-15,20-23H,7H2,1-2H3,(H2,17,19,26)/b18-8+/t11-,12-,13+,14-,15-/m1/s1. The van der Waals surface area contributed by atoms with E-state index in [1.54, 1.807) is 26.2 Å². The molecule has 1 aliphatic heterocycles. The molecule has 2 rings (SSSR count). The van der Waals surface area contributed by atoms with Crippen LogP contribution in [0.2, 0.25) is 0 Å². The first-order valence-corrected chi connectivity index (χ1v) is 8.34. The Hall–Kier alpha value is -1.82. The van der Waals surface area contributed by atoms with Crippen LogP contribution in [0, 0.1) is 0 Å². The van der Waals surface area contributed by atoms with E-state index in [9.17, 15) is 20.4 Å². The molecule has 0 radical (unpaired) electrons. The van der Waals surface area contributed by atoms with Gasteiger partial charge in [0.1, 0.15) is 30.2 Å². The van der Waals surface area contributed by atoms with Crippen LogP contribution in [-0.4, -0.2) is 75.6 Å². The van der Waals surface area contributed by atoms with Gasteiger partial charge < -0.3 is 35.2 Å². The Morgan fingerprint density at radius 3 is 2.42 bits per heavy atom. The van der Waals surface area contributed by atoms with Crippen LogP contribution in [-0.2, 0) is 4.74 Å². The second kappa shape index (κ2) is 9.21. The van der Waals surface area contributed by atoms with Gasteiger partial charge in [-0.2, -0.15) is 5.10 Å². The van der Waals surface area contributed by atoms with Crippen molar-refractivity contribution in [3.05, 3.63) is 29.8 Å². The molecule has 0 spiro atoms. The van der Waals surface area contributed by atoms with Crippen molar-refractivity contribution in [2.75, 3.05) is 13.7 Å². The average molecular weight is 385 g/mol. The zero-order valence-corrected chi connectivity index (χ0v) is 15.2. The Bertz CT molecular complexity index is 639. The molecule has 1 saturated heterocycles. The first-order valence-electron chi connectivity index (χ1n) is 7.93. The highest BCUT2D eigenvalue weighted by Crippen LogP contribution is 2.19. The maximum atomic E-state index is 9.96. The summed E-state index contributed by atoms with van der Waals surface area (Å²) in [6.07, 6.45) is -6.46. The molecule has 26 heavy (non-hydrogen) atoms. The van der Waals surface area contributed by atoms with Crippen molar-refractivity contribution in [1.82, 2.24) is 10.7 Å². The SMILES string of the molecule is COc1ccc(/C(C)=N/NC(=S)N[C@@H]2O[C@H](CO)[C@@H](O)[C@H](O)[C@H]2O)cc1. The normalized spacial score (nSPS) is 29.2. The van der Waals surface area contributed by atoms with Gasteiger partial charge in [0.15, 0.2) is 11.3 Å². The fraction of sp³-hybridized carbons (Fsp3) is 0.500. The van der Waals surface area contributed by atoms with E-state index >= 15 is 0 Å². The van der Waals surface area contributed by atoms with Crippen LogP contribution in [0.1, 0.15) is 12.5 Å². The quantitative estimate of drug-likeness (QED) is 0.207. The Morgan fingerprint density at radius 1 is 1.19 bits per heavy atom. The van der Waals surface area contributed by atoms with E-state index in [4.69, 9.17) is 21.7 Å². The van der Waals surface area contributed by atoms with Crippen LogP contribution in [0.15, 0.2) is 29.4 Å². The Morgan fingerprint density at radius 2 is 1.85 bits per heavy atom. The van der Waals surface area contributed by atoms with E-state index in [0.717, 1.165) is 11.3 Å². The van der Waals surface area contributed by atoms with Crippen molar-refractivity contribution in [3.8, 4) is 5.75 Å². The van der Waals surface area contributed by atoms with Crippen LogP contribution in [0.5, 0.6) is 5.75 Å². The van der Waals surface area contributed by atoms with Crippen molar-refractivity contribution in [3.63, 3.8) is 0 Å². The Kier molecular flexibility index (Phi) is 7.26. The lowest BCUT2D eigenvalue weighted by molar-refractivity contribution is -0.232. The molecule has 144 valence electrons. The minimum atomic E-state index is -1.48. The van der Waals surface area contributed by atoms with Gasteiger partial charge in [0.05, 0.1) is 19.4 Å². The fourth-order valence-electron chi connectivity index (χ4n) is 2.41. The molecule has 6 N–H and O–H groups in total. The molecule has 10 heteroatoms. The highest BCUT2D eigenvalue weighted by molar-refractivity contribution is 7.80. The van der Waals surface area contributed by atoms with Crippen molar-refractivity contribution in [1.29, 1.82) is 0 Å². The topological polar surface area (TPSA) is 136 Å². The van der Waals surface area contributed by atoms with Gasteiger partial charge in [0.25, 0.3) is 0 Å². The number of nitrogens with one attached hydrogen (secondary N) is 2. The molecule has 0 saturated carbocycles. The summed E-state index contributed by atoms with van der Waals surface area (Å²) in [5.74, 6) is 0.731. The van der Waals surface area contributed by atoms with Gasteiger partial charge in [-0.1, -0.05) is 0 Å². The van der Waals surface area contributed by atoms with Crippen molar-refractivity contribution < 1.29 is 29.9 Å². The van der Waals surface area contributed by atoms with Crippen molar-refractivity contribution >= 4 is 23.0 Å². The lowest BCUT2D eigenvalue weighted by atomic mass is 9.98. The van der Waals surface area contributed by atoms with Gasteiger partial charge >= 0.3 is 0 Å². The molecule has 1 heterocycles. The molecule has 1 aromatic carbocycles. The smallest absolute Gasteiger partial charge is 0.189 e. The lowest BCUT2D eigenvalue weighted by Crippen LogP contribution is -2.63. The third kappa shape index (κ3) is 4.87. The number of rotatable bonds is 5. The number of aliphatic hydroxyl groups is 4. The van der Waals surface area contributed by atoms with Gasteiger partial charge in [-0.15, -0.1) is 0 Å². The molecule has 0 amide bonds. The fourth-order valence-corrected chi connectivity index (χ4v) is 2.58. The lowest BCUT2D eigenvalue weighted by Gasteiger charge is -2.40. The first-order chi connectivity index (χ1) is 12.4. The van der Waals surface area contributed by atoms with E-state index in [1.807, 2.05) is 12.1 Å². The van der Waals surface area contributed by atoms with Crippen molar-refractivity contribution in [2.45, 2.75) is 37.6 Å².